The SMILES string of the molecule is NS(=O)(=O)N1CCC(C(=O)Nc2ccc(Oc3ccccc3Cl)cc2)CC1. The maximum atomic E-state index is 12.4. The third-order valence-electron chi connectivity index (χ3n) is 4.37. The van der Waals surface area contributed by atoms with E-state index in [0.29, 0.717) is 35.1 Å². The first kappa shape index (κ1) is 19.6. The molecule has 0 radical (unpaired) electrons. The topological polar surface area (TPSA) is 102 Å². The maximum absolute atomic E-state index is 12.4. The van der Waals surface area contributed by atoms with E-state index in [4.69, 9.17) is 21.5 Å². The van der Waals surface area contributed by atoms with Gasteiger partial charge in [0.1, 0.15) is 11.5 Å². The summed E-state index contributed by atoms with van der Waals surface area (Å²) in [5.74, 6) is 0.769. The Morgan fingerprint density at radius 2 is 1.74 bits per heavy atom. The van der Waals surface area contributed by atoms with Crippen LogP contribution in [0.2, 0.25) is 5.02 Å². The van der Waals surface area contributed by atoms with Gasteiger partial charge in [0.25, 0.3) is 10.2 Å². The normalized spacial score (nSPS) is 16.1. The zero-order valence-corrected chi connectivity index (χ0v) is 16.0. The van der Waals surface area contributed by atoms with Gasteiger partial charge in [-0.25, -0.2) is 5.14 Å². The van der Waals surface area contributed by atoms with E-state index in [1.165, 1.54) is 4.31 Å². The average Bonchev–Trinajstić information content (AvgIpc) is 2.64. The summed E-state index contributed by atoms with van der Waals surface area (Å²) in [5.41, 5.74) is 0.639. The van der Waals surface area contributed by atoms with Gasteiger partial charge in [0.2, 0.25) is 5.91 Å². The van der Waals surface area contributed by atoms with Gasteiger partial charge in [-0.15, -0.1) is 0 Å². The van der Waals surface area contributed by atoms with E-state index in [-0.39, 0.29) is 24.9 Å². The fraction of sp³-hybridized carbons (Fsp3) is 0.278. The number of nitrogens with one attached hydrogen (secondary N) is 1. The standard InChI is InChI=1S/C18H20ClN3O4S/c19-16-3-1-2-4-17(16)26-15-7-5-14(6-8-15)21-18(23)13-9-11-22(12-10-13)27(20,24)25/h1-8,13H,9-12H2,(H,21,23)(H2,20,24,25). The number of halogens is 1. The number of rotatable bonds is 5. The molecule has 3 N–H and O–H groups in total. The van der Waals surface area contributed by atoms with E-state index in [1.807, 2.05) is 12.1 Å². The third-order valence-corrected chi connectivity index (χ3v) is 5.77. The Labute approximate surface area is 163 Å². The molecule has 1 aliphatic heterocycles. The summed E-state index contributed by atoms with van der Waals surface area (Å²) in [6, 6.07) is 14.1. The third kappa shape index (κ3) is 5.20. The zero-order valence-electron chi connectivity index (χ0n) is 14.5. The van der Waals surface area contributed by atoms with Crippen molar-refractivity contribution in [2.75, 3.05) is 18.4 Å². The lowest BCUT2D eigenvalue weighted by Gasteiger charge is -2.29. The zero-order chi connectivity index (χ0) is 19.4. The van der Waals surface area contributed by atoms with Gasteiger partial charge < -0.3 is 10.1 Å². The Morgan fingerprint density at radius 3 is 2.33 bits per heavy atom. The molecule has 0 aliphatic carbocycles. The Balaban J connectivity index is 1.55. The highest BCUT2D eigenvalue weighted by molar-refractivity contribution is 7.86. The van der Waals surface area contributed by atoms with Crippen molar-refractivity contribution in [2.24, 2.45) is 11.1 Å². The second-order valence-corrected chi connectivity index (χ2v) is 8.22. The summed E-state index contributed by atoms with van der Waals surface area (Å²) >= 11 is 6.07. The molecule has 2 aromatic rings. The minimum Gasteiger partial charge on any atom is -0.456 e. The Kier molecular flexibility index (Phi) is 6.01. The van der Waals surface area contributed by atoms with Crippen LogP contribution in [-0.2, 0) is 15.0 Å². The van der Waals surface area contributed by atoms with E-state index in [0.717, 1.165) is 0 Å². The lowest BCUT2D eigenvalue weighted by Crippen LogP contribution is -2.44. The van der Waals surface area contributed by atoms with Crippen molar-refractivity contribution >= 4 is 33.4 Å². The molecule has 0 unspecified atom stereocenters. The van der Waals surface area contributed by atoms with E-state index < -0.39 is 10.2 Å². The number of nitrogens with two attached hydrogens (primary N) is 1. The van der Waals surface area contributed by atoms with E-state index in [2.05, 4.69) is 5.32 Å². The van der Waals surface area contributed by atoms with E-state index in [9.17, 15) is 13.2 Å². The highest BCUT2D eigenvalue weighted by Gasteiger charge is 2.29. The maximum Gasteiger partial charge on any atom is 0.276 e. The summed E-state index contributed by atoms with van der Waals surface area (Å²) in [7, 11) is -3.69. The Hall–Kier alpha value is -2.13. The summed E-state index contributed by atoms with van der Waals surface area (Å²) in [6.07, 6.45) is 0.881. The average molecular weight is 410 g/mol. The summed E-state index contributed by atoms with van der Waals surface area (Å²) in [5, 5.41) is 8.47. The minimum atomic E-state index is -3.69. The molecule has 144 valence electrons. The molecule has 0 saturated carbocycles. The number of hydrogen-bond acceptors (Lipinski definition) is 4. The fourth-order valence-electron chi connectivity index (χ4n) is 2.88. The first-order chi connectivity index (χ1) is 12.8. The van der Waals surface area contributed by atoms with Crippen LogP contribution in [0.15, 0.2) is 48.5 Å². The van der Waals surface area contributed by atoms with Gasteiger partial charge in [-0.2, -0.15) is 12.7 Å². The van der Waals surface area contributed by atoms with E-state index >= 15 is 0 Å². The second kappa shape index (κ2) is 8.26. The van der Waals surface area contributed by atoms with Crippen LogP contribution in [-0.4, -0.2) is 31.7 Å². The van der Waals surface area contributed by atoms with Crippen molar-refractivity contribution in [3.63, 3.8) is 0 Å². The quantitative estimate of drug-likeness (QED) is 0.792. The largest absolute Gasteiger partial charge is 0.456 e. The molecule has 2 aromatic carbocycles. The van der Waals surface area contributed by atoms with Gasteiger partial charge in [0.05, 0.1) is 5.02 Å². The number of anilines is 1. The minimum absolute atomic E-state index is 0.135. The molecule has 0 bridgehead atoms. The van der Waals surface area contributed by atoms with Crippen LogP contribution >= 0.6 is 11.6 Å². The highest BCUT2D eigenvalue weighted by Crippen LogP contribution is 2.29. The number of ether oxygens (including phenoxy) is 1. The molecule has 1 aliphatic rings. The van der Waals surface area contributed by atoms with Gasteiger partial charge in [0, 0.05) is 24.7 Å². The molecule has 0 aromatic heterocycles. The lowest BCUT2D eigenvalue weighted by molar-refractivity contribution is -0.120. The Morgan fingerprint density at radius 1 is 1.11 bits per heavy atom. The molecule has 0 atom stereocenters. The van der Waals surface area contributed by atoms with Gasteiger partial charge >= 0.3 is 0 Å². The van der Waals surface area contributed by atoms with Crippen molar-refractivity contribution in [1.82, 2.24) is 4.31 Å². The molecular weight excluding hydrogens is 390 g/mol. The predicted octanol–water partition coefficient (Wildman–Crippen LogP) is 2.99. The molecule has 27 heavy (non-hydrogen) atoms. The number of amides is 1. The molecule has 9 heteroatoms. The molecular formula is C18H20ClN3O4S. The summed E-state index contributed by atoms with van der Waals surface area (Å²) in [6.45, 7) is 0.503. The first-order valence-corrected chi connectivity index (χ1v) is 10.3. The number of hydrogen-bond donors (Lipinski definition) is 2. The van der Waals surface area contributed by atoms with Crippen LogP contribution in [0.5, 0.6) is 11.5 Å². The highest BCUT2D eigenvalue weighted by atomic mass is 35.5. The van der Waals surface area contributed by atoms with E-state index in [1.54, 1.807) is 36.4 Å². The summed E-state index contributed by atoms with van der Waals surface area (Å²) < 4.78 is 29.5. The Bertz CT molecular complexity index is 910. The molecule has 1 amide bonds. The van der Waals surface area contributed by atoms with Crippen molar-refractivity contribution in [2.45, 2.75) is 12.8 Å². The van der Waals surface area contributed by atoms with Gasteiger partial charge in [0.15, 0.2) is 0 Å². The van der Waals surface area contributed by atoms with Crippen LogP contribution in [0.4, 0.5) is 5.69 Å². The number of piperidine rings is 1. The molecule has 1 heterocycles. The van der Waals surface area contributed by atoms with Crippen LogP contribution < -0.4 is 15.2 Å². The molecule has 1 fully saturated rings. The molecule has 1 saturated heterocycles. The van der Waals surface area contributed by atoms with Gasteiger partial charge in [-0.1, -0.05) is 23.7 Å². The van der Waals surface area contributed by atoms with Crippen molar-refractivity contribution < 1.29 is 17.9 Å². The van der Waals surface area contributed by atoms with Crippen molar-refractivity contribution in [1.29, 1.82) is 0 Å². The van der Waals surface area contributed by atoms with Crippen LogP contribution in [0.1, 0.15) is 12.8 Å². The smallest absolute Gasteiger partial charge is 0.276 e. The number of carbonyl (C=O) groups excluding carboxylic acids is 1. The number of benzene rings is 2. The fourth-order valence-corrected chi connectivity index (χ4v) is 3.77. The molecule has 0 spiro atoms. The monoisotopic (exact) mass is 409 g/mol. The molecule has 7 nitrogen and oxygen atoms in total. The van der Waals surface area contributed by atoms with Crippen LogP contribution in [0.3, 0.4) is 0 Å². The van der Waals surface area contributed by atoms with Crippen LogP contribution in [0.25, 0.3) is 0 Å². The number of carbonyl (C=O) groups is 1. The predicted molar refractivity (Wildman–Crippen MR) is 104 cm³/mol. The molecule has 3 rings (SSSR count). The second-order valence-electron chi connectivity index (χ2n) is 6.26. The lowest BCUT2D eigenvalue weighted by atomic mass is 9.97. The van der Waals surface area contributed by atoms with Crippen LogP contribution in [0, 0.1) is 5.92 Å². The van der Waals surface area contributed by atoms with Gasteiger partial charge in [-0.3, -0.25) is 4.79 Å². The number of nitrogens with zero attached hydrogens (tertiary/aromatic N) is 1. The number of para-hydroxylation sites is 1. The van der Waals surface area contributed by atoms with Crippen molar-refractivity contribution in [3.8, 4) is 11.5 Å². The van der Waals surface area contributed by atoms with Crippen molar-refractivity contribution in [3.05, 3.63) is 53.6 Å². The van der Waals surface area contributed by atoms with Gasteiger partial charge in [-0.05, 0) is 49.2 Å². The first-order valence-electron chi connectivity index (χ1n) is 8.44. The summed E-state index contributed by atoms with van der Waals surface area (Å²) in [4.78, 5) is 12.4.